The average Bonchev–Trinajstić information content (AvgIpc) is 2.72. The molecule has 0 amide bonds. The summed E-state index contributed by atoms with van der Waals surface area (Å²) in [5.74, 6) is 0.533. The Bertz CT molecular complexity index is 633. The number of nitrogens with one attached hydrogen (secondary N) is 1. The van der Waals surface area contributed by atoms with Gasteiger partial charge in [-0.2, -0.15) is 0 Å². The first-order valence-electron chi connectivity index (χ1n) is 5.05. The van der Waals surface area contributed by atoms with Gasteiger partial charge in [-0.05, 0) is 28.1 Å². The molecule has 0 bridgehead atoms. The van der Waals surface area contributed by atoms with E-state index in [0.29, 0.717) is 12.5 Å². The molecule has 0 aliphatic carbocycles. The van der Waals surface area contributed by atoms with Gasteiger partial charge in [-0.25, -0.2) is 18.2 Å². The number of aryl methyl sites for hydroxylation is 1. The Morgan fingerprint density at radius 2 is 2.00 bits per heavy atom. The average molecular weight is 268 g/mol. The standard InChI is InChI=1S/C9H12N6O2S/c1-15-9(12-13-14-15)11-6-7-2-4-8(5-3-7)18(10,16)17/h2-5H,6H2,1H3,(H2,10,16,17)(H,11,12,14). The lowest BCUT2D eigenvalue weighted by molar-refractivity contribution is 0.598. The summed E-state index contributed by atoms with van der Waals surface area (Å²) in [6, 6.07) is 6.27. The Morgan fingerprint density at radius 1 is 1.33 bits per heavy atom. The van der Waals surface area contributed by atoms with Gasteiger partial charge >= 0.3 is 0 Å². The highest BCUT2D eigenvalue weighted by atomic mass is 32.2. The minimum absolute atomic E-state index is 0.0894. The fourth-order valence-corrected chi connectivity index (χ4v) is 1.87. The molecule has 0 saturated heterocycles. The summed E-state index contributed by atoms with van der Waals surface area (Å²) in [4.78, 5) is 0.0894. The van der Waals surface area contributed by atoms with Crippen LogP contribution in [0.25, 0.3) is 0 Å². The van der Waals surface area contributed by atoms with E-state index in [0.717, 1.165) is 5.56 Å². The Kier molecular flexibility index (Phi) is 3.26. The zero-order valence-corrected chi connectivity index (χ0v) is 10.4. The second kappa shape index (κ2) is 4.70. The molecule has 96 valence electrons. The van der Waals surface area contributed by atoms with Crippen molar-refractivity contribution < 1.29 is 8.42 Å². The van der Waals surface area contributed by atoms with Gasteiger partial charge in [-0.15, -0.1) is 0 Å². The Balaban J connectivity index is 2.05. The molecule has 2 aromatic rings. The van der Waals surface area contributed by atoms with E-state index in [1.54, 1.807) is 19.2 Å². The van der Waals surface area contributed by atoms with E-state index in [1.165, 1.54) is 16.8 Å². The van der Waals surface area contributed by atoms with Crippen molar-refractivity contribution in [3.05, 3.63) is 29.8 Å². The van der Waals surface area contributed by atoms with E-state index < -0.39 is 10.0 Å². The molecule has 0 unspecified atom stereocenters. The number of nitrogens with zero attached hydrogens (tertiary/aromatic N) is 4. The molecule has 1 heterocycles. The number of benzene rings is 1. The van der Waals surface area contributed by atoms with Crippen molar-refractivity contribution in [1.82, 2.24) is 20.2 Å². The minimum Gasteiger partial charge on any atom is -0.349 e. The van der Waals surface area contributed by atoms with Crippen molar-refractivity contribution in [2.24, 2.45) is 12.2 Å². The van der Waals surface area contributed by atoms with Crippen LogP contribution >= 0.6 is 0 Å². The lowest BCUT2D eigenvalue weighted by Gasteiger charge is -2.05. The van der Waals surface area contributed by atoms with Gasteiger partial charge in [0.1, 0.15) is 0 Å². The lowest BCUT2D eigenvalue weighted by Crippen LogP contribution is -2.12. The number of rotatable bonds is 4. The molecule has 3 N–H and O–H groups in total. The van der Waals surface area contributed by atoms with Crippen molar-refractivity contribution in [3.8, 4) is 0 Å². The topological polar surface area (TPSA) is 116 Å². The third-order valence-corrected chi connectivity index (χ3v) is 3.25. The van der Waals surface area contributed by atoms with Crippen molar-refractivity contribution in [2.75, 3.05) is 5.32 Å². The smallest absolute Gasteiger partial charge is 0.242 e. The van der Waals surface area contributed by atoms with Crippen LogP contribution in [0.1, 0.15) is 5.56 Å². The third kappa shape index (κ3) is 2.81. The van der Waals surface area contributed by atoms with Crippen LogP contribution in [-0.4, -0.2) is 28.6 Å². The molecule has 2 rings (SSSR count). The van der Waals surface area contributed by atoms with E-state index in [2.05, 4.69) is 20.8 Å². The number of hydrogen-bond acceptors (Lipinski definition) is 6. The normalized spacial score (nSPS) is 11.4. The molecule has 0 atom stereocenters. The van der Waals surface area contributed by atoms with Gasteiger partial charge in [-0.3, -0.25) is 0 Å². The van der Waals surface area contributed by atoms with E-state index in [4.69, 9.17) is 5.14 Å². The maximum Gasteiger partial charge on any atom is 0.242 e. The molecule has 9 heteroatoms. The molecule has 0 fully saturated rings. The molecule has 18 heavy (non-hydrogen) atoms. The summed E-state index contributed by atoms with van der Waals surface area (Å²) in [5.41, 5.74) is 0.894. The second-order valence-corrected chi connectivity index (χ2v) is 5.23. The predicted octanol–water partition coefficient (Wildman–Crippen LogP) is -0.530. The van der Waals surface area contributed by atoms with E-state index >= 15 is 0 Å². The number of hydrogen-bond donors (Lipinski definition) is 2. The molecule has 1 aromatic heterocycles. The monoisotopic (exact) mass is 268 g/mol. The summed E-state index contributed by atoms with van der Waals surface area (Å²) in [5, 5.41) is 18.9. The second-order valence-electron chi connectivity index (χ2n) is 3.67. The van der Waals surface area contributed by atoms with Gasteiger partial charge in [0, 0.05) is 13.6 Å². The van der Waals surface area contributed by atoms with E-state index in [9.17, 15) is 8.42 Å². The number of primary sulfonamides is 1. The van der Waals surface area contributed by atoms with Crippen LogP contribution in [-0.2, 0) is 23.6 Å². The Hall–Kier alpha value is -2.00. The lowest BCUT2D eigenvalue weighted by atomic mass is 10.2. The number of aromatic nitrogens is 4. The first-order valence-corrected chi connectivity index (χ1v) is 6.59. The van der Waals surface area contributed by atoms with Gasteiger partial charge in [0.2, 0.25) is 16.0 Å². The van der Waals surface area contributed by atoms with E-state index in [-0.39, 0.29) is 4.90 Å². The van der Waals surface area contributed by atoms with Gasteiger partial charge in [0.05, 0.1) is 4.90 Å². The number of tetrazole rings is 1. The molecule has 0 radical (unpaired) electrons. The highest BCUT2D eigenvalue weighted by Crippen LogP contribution is 2.09. The van der Waals surface area contributed by atoms with Crippen LogP contribution in [0, 0.1) is 0 Å². The van der Waals surface area contributed by atoms with Crippen molar-refractivity contribution in [3.63, 3.8) is 0 Å². The minimum atomic E-state index is -3.64. The molecule has 0 spiro atoms. The molecular formula is C9H12N6O2S. The first kappa shape index (κ1) is 12.5. The number of sulfonamides is 1. The zero-order valence-electron chi connectivity index (χ0n) is 9.61. The van der Waals surface area contributed by atoms with Crippen LogP contribution in [0.3, 0.4) is 0 Å². The van der Waals surface area contributed by atoms with Crippen molar-refractivity contribution in [1.29, 1.82) is 0 Å². The molecular weight excluding hydrogens is 256 g/mol. The molecule has 8 nitrogen and oxygen atoms in total. The van der Waals surface area contributed by atoms with Crippen LogP contribution in [0.15, 0.2) is 29.2 Å². The fraction of sp³-hybridized carbons (Fsp3) is 0.222. The van der Waals surface area contributed by atoms with Gasteiger partial charge in [0.25, 0.3) is 0 Å². The molecule has 0 aliphatic rings. The number of anilines is 1. The maximum absolute atomic E-state index is 11.1. The summed E-state index contributed by atoms with van der Waals surface area (Å²) in [6.07, 6.45) is 0. The largest absolute Gasteiger partial charge is 0.349 e. The first-order chi connectivity index (χ1) is 8.47. The highest BCUT2D eigenvalue weighted by molar-refractivity contribution is 7.89. The number of nitrogens with two attached hydrogens (primary N) is 1. The summed E-state index contributed by atoms with van der Waals surface area (Å²) < 4.78 is 23.6. The van der Waals surface area contributed by atoms with Gasteiger partial charge in [-0.1, -0.05) is 17.2 Å². The van der Waals surface area contributed by atoms with Crippen LogP contribution in [0.4, 0.5) is 5.95 Å². The molecule has 0 saturated carbocycles. The predicted molar refractivity (Wildman–Crippen MR) is 63.9 cm³/mol. The van der Waals surface area contributed by atoms with Gasteiger partial charge in [0.15, 0.2) is 0 Å². The van der Waals surface area contributed by atoms with Crippen molar-refractivity contribution in [2.45, 2.75) is 11.4 Å². The maximum atomic E-state index is 11.1. The van der Waals surface area contributed by atoms with Crippen molar-refractivity contribution >= 4 is 16.0 Å². The fourth-order valence-electron chi connectivity index (χ4n) is 1.36. The molecule has 0 aliphatic heterocycles. The quantitative estimate of drug-likeness (QED) is 0.770. The SMILES string of the molecule is Cn1nnnc1NCc1ccc(S(N)(=O)=O)cc1. The summed E-state index contributed by atoms with van der Waals surface area (Å²) in [7, 11) is -1.93. The van der Waals surface area contributed by atoms with E-state index in [1.807, 2.05) is 0 Å². The van der Waals surface area contributed by atoms with Crippen LogP contribution in [0.2, 0.25) is 0 Å². The summed E-state index contributed by atoms with van der Waals surface area (Å²) >= 11 is 0. The third-order valence-electron chi connectivity index (χ3n) is 2.32. The molecule has 1 aromatic carbocycles. The Morgan fingerprint density at radius 3 is 2.50 bits per heavy atom. The van der Waals surface area contributed by atoms with Crippen LogP contribution < -0.4 is 10.5 Å². The highest BCUT2D eigenvalue weighted by Gasteiger charge is 2.07. The van der Waals surface area contributed by atoms with Gasteiger partial charge < -0.3 is 5.32 Å². The van der Waals surface area contributed by atoms with Crippen LogP contribution in [0.5, 0.6) is 0 Å². The zero-order chi connectivity index (χ0) is 13.2. The summed E-state index contributed by atoms with van der Waals surface area (Å²) in [6.45, 7) is 0.485. The Labute approximate surface area is 104 Å².